The fourth-order valence-electron chi connectivity index (χ4n) is 4.14. The summed E-state index contributed by atoms with van der Waals surface area (Å²) in [5.74, 6) is -0.481. The molecule has 40 heavy (non-hydrogen) atoms. The lowest BCUT2D eigenvalue weighted by Gasteiger charge is -2.21. The zero-order chi connectivity index (χ0) is 29.3. The van der Waals surface area contributed by atoms with Gasteiger partial charge in [0.05, 0.1) is 18.5 Å². The molecular weight excluding hydrogens is 523 g/mol. The molecule has 1 heterocycles. The number of hydrogen-bond acceptors (Lipinski definition) is 7. The summed E-state index contributed by atoms with van der Waals surface area (Å²) in [5, 5.41) is 5.94. The van der Waals surface area contributed by atoms with Gasteiger partial charge in [0.15, 0.2) is 5.75 Å². The van der Waals surface area contributed by atoms with Crippen molar-refractivity contribution in [3.05, 3.63) is 59.8 Å². The van der Waals surface area contributed by atoms with Crippen LogP contribution in [0, 0.1) is 0 Å². The Bertz CT molecular complexity index is 1280. The van der Waals surface area contributed by atoms with Crippen LogP contribution in [0.5, 0.6) is 17.4 Å². The van der Waals surface area contributed by atoms with E-state index in [-0.39, 0.29) is 23.6 Å². The summed E-state index contributed by atoms with van der Waals surface area (Å²) in [5.41, 5.74) is 0.268. The zero-order valence-corrected chi connectivity index (χ0v) is 23.4. The van der Waals surface area contributed by atoms with Gasteiger partial charge in [-0.2, -0.15) is 18.2 Å². The molecule has 0 fully saturated rings. The first kappa shape index (κ1) is 30.5. The smallest absolute Gasteiger partial charge is 0.423 e. The van der Waals surface area contributed by atoms with Crippen LogP contribution >= 0.6 is 0 Å². The molecule has 0 radical (unpaired) electrons. The van der Waals surface area contributed by atoms with Gasteiger partial charge in [-0.25, -0.2) is 4.98 Å². The molecule has 0 unspecified atom stereocenters. The molecule has 2 aromatic carbocycles. The molecule has 2 N–H and O–H groups in total. The number of nitrogens with one attached hydrogen (secondary N) is 2. The number of aromatic nitrogens is 2. The summed E-state index contributed by atoms with van der Waals surface area (Å²) in [6, 6.07) is 11.6. The second-order valence-electron chi connectivity index (χ2n) is 9.28. The highest BCUT2D eigenvalue weighted by molar-refractivity contribution is 5.95. The molecule has 216 valence electrons. The summed E-state index contributed by atoms with van der Waals surface area (Å²) < 4.78 is 52.6. The average Bonchev–Trinajstić information content (AvgIpc) is 2.93. The van der Waals surface area contributed by atoms with Crippen LogP contribution in [-0.4, -0.2) is 42.6 Å². The van der Waals surface area contributed by atoms with E-state index in [1.54, 1.807) is 42.5 Å². The number of ether oxygens (including phenoxy) is 2. The van der Waals surface area contributed by atoms with E-state index in [4.69, 9.17) is 9.47 Å². The van der Waals surface area contributed by atoms with Crippen molar-refractivity contribution < 1.29 is 27.4 Å². The monoisotopic (exact) mass is 559 g/mol. The third kappa shape index (κ3) is 7.77. The highest BCUT2D eigenvalue weighted by atomic mass is 19.4. The molecular formula is C29H36F3N5O3. The van der Waals surface area contributed by atoms with E-state index in [1.165, 1.54) is 7.11 Å². The van der Waals surface area contributed by atoms with Crippen molar-refractivity contribution in [2.24, 2.45) is 0 Å². The minimum Gasteiger partial charge on any atom is -0.495 e. The maximum Gasteiger partial charge on any atom is 0.423 e. The Balaban J connectivity index is 1.90. The number of halogens is 3. The Kier molecular flexibility index (Phi) is 10.6. The van der Waals surface area contributed by atoms with E-state index in [0.29, 0.717) is 35.4 Å². The van der Waals surface area contributed by atoms with Crippen molar-refractivity contribution in [1.82, 2.24) is 15.3 Å². The summed E-state index contributed by atoms with van der Waals surface area (Å²) in [7, 11) is 3.24. The number of carbonyl (C=O) groups excluding carboxylic acids is 1. The van der Waals surface area contributed by atoms with Crippen molar-refractivity contribution in [2.75, 3.05) is 30.9 Å². The van der Waals surface area contributed by atoms with Gasteiger partial charge in [-0.3, -0.25) is 4.79 Å². The highest BCUT2D eigenvalue weighted by Crippen LogP contribution is 2.40. The van der Waals surface area contributed by atoms with Crippen LogP contribution in [0.25, 0.3) is 0 Å². The van der Waals surface area contributed by atoms with Crippen LogP contribution in [0.1, 0.15) is 62.4 Å². The molecule has 3 aromatic rings. The second-order valence-corrected chi connectivity index (χ2v) is 9.28. The molecule has 0 spiro atoms. The van der Waals surface area contributed by atoms with Crippen molar-refractivity contribution in [3.63, 3.8) is 0 Å². The Labute approximate surface area is 232 Å². The first-order valence-electron chi connectivity index (χ1n) is 13.3. The lowest BCUT2D eigenvalue weighted by molar-refractivity contribution is -0.139. The predicted octanol–water partition coefficient (Wildman–Crippen LogP) is 7.19. The Hall–Kier alpha value is -4.02. The molecule has 3 rings (SSSR count). The molecule has 0 aliphatic rings. The van der Waals surface area contributed by atoms with Gasteiger partial charge in [0, 0.05) is 31.4 Å². The first-order valence-corrected chi connectivity index (χ1v) is 13.3. The SMILES string of the molecule is CCCC(CCC)NC(=O)c1ccc(Nc2ncc(C(F)(F)F)c(Oc3ccccc3N(C)CC)n2)c(OC)c1. The van der Waals surface area contributed by atoms with Crippen LogP contribution in [0.4, 0.5) is 30.5 Å². The van der Waals surface area contributed by atoms with Crippen molar-refractivity contribution in [1.29, 1.82) is 0 Å². The van der Waals surface area contributed by atoms with E-state index >= 15 is 0 Å². The van der Waals surface area contributed by atoms with Gasteiger partial charge in [0.25, 0.3) is 5.91 Å². The number of benzene rings is 2. The van der Waals surface area contributed by atoms with E-state index in [9.17, 15) is 18.0 Å². The van der Waals surface area contributed by atoms with Crippen LogP contribution in [-0.2, 0) is 6.18 Å². The quantitative estimate of drug-likeness (QED) is 0.229. The molecule has 0 atom stereocenters. The third-order valence-corrected chi connectivity index (χ3v) is 6.34. The number of methoxy groups -OCH3 is 1. The molecule has 0 saturated heterocycles. The van der Waals surface area contributed by atoms with E-state index < -0.39 is 17.6 Å². The standard InChI is InChI=1S/C29H36F3N5O3/c1-6-11-20(12-7-2)34-26(38)19-15-16-22(25(17-19)39-5)35-28-33-18-21(29(30,31)32)27(36-28)40-24-14-10-9-13-23(24)37(4)8-3/h9-10,13-18,20H,6-8,11-12H2,1-5H3,(H,34,38)(H,33,35,36). The fraction of sp³-hybridized carbons (Fsp3) is 0.414. The largest absolute Gasteiger partial charge is 0.495 e. The Morgan fingerprint density at radius 3 is 2.38 bits per heavy atom. The summed E-state index contributed by atoms with van der Waals surface area (Å²) in [6.45, 7) is 6.68. The minimum absolute atomic E-state index is 0.0764. The molecule has 0 saturated carbocycles. The lowest BCUT2D eigenvalue weighted by atomic mass is 10.1. The van der Waals surface area contributed by atoms with Crippen LogP contribution in [0.15, 0.2) is 48.7 Å². The number of rotatable bonds is 13. The normalized spacial score (nSPS) is 11.3. The van der Waals surface area contributed by atoms with Crippen LogP contribution in [0.2, 0.25) is 0 Å². The Morgan fingerprint density at radius 2 is 1.75 bits per heavy atom. The van der Waals surface area contributed by atoms with Gasteiger partial charge < -0.3 is 25.0 Å². The second kappa shape index (κ2) is 13.9. The van der Waals surface area contributed by atoms with Crippen LogP contribution < -0.4 is 25.0 Å². The number of amides is 1. The number of anilines is 3. The zero-order valence-electron chi connectivity index (χ0n) is 23.4. The molecule has 1 amide bonds. The number of alkyl halides is 3. The summed E-state index contributed by atoms with van der Waals surface area (Å²) >= 11 is 0. The number of para-hydroxylation sites is 2. The van der Waals surface area contributed by atoms with E-state index in [0.717, 1.165) is 25.7 Å². The van der Waals surface area contributed by atoms with Gasteiger partial charge in [-0.05, 0) is 50.1 Å². The molecule has 11 heteroatoms. The summed E-state index contributed by atoms with van der Waals surface area (Å²) in [6.07, 6.45) is -0.392. The Morgan fingerprint density at radius 1 is 1.05 bits per heavy atom. The van der Waals surface area contributed by atoms with Gasteiger partial charge in [0.2, 0.25) is 11.8 Å². The summed E-state index contributed by atoms with van der Waals surface area (Å²) in [4.78, 5) is 22.6. The fourth-order valence-corrected chi connectivity index (χ4v) is 4.14. The van der Waals surface area contributed by atoms with Crippen molar-refractivity contribution in [2.45, 2.75) is 58.7 Å². The molecule has 0 bridgehead atoms. The molecule has 1 aromatic heterocycles. The number of carbonyl (C=O) groups is 1. The third-order valence-electron chi connectivity index (χ3n) is 6.34. The average molecular weight is 560 g/mol. The van der Waals surface area contributed by atoms with Crippen molar-refractivity contribution >= 4 is 23.2 Å². The minimum atomic E-state index is -4.74. The van der Waals surface area contributed by atoms with E-state index in [2.05, 4.69) is 34.4 Å². The van der Waals surface area contributed by atoms with Gasteiger partial charge in [0.1, 0.15) is 11.3 Å². The number of nitrogens with zero attached hydrogens (tertiary/aromatic N) is 3. The molecule has 8 nitrogen and oxygen atoms in total. The maximum atomic E-state index is 13.8. The topological polar surface area (TPSA) is 88.6 Å². The van der Waals surface area contributed by atoms with Gasteiger partial charge >= 0.3 is 6.18 Å². The highest BCUT2D eigenvalue weighted by Gasteiger charge is 2.37. The maximum absolute atomic E-state index is 13.8. The van der Waals surface area contributed by atoms with Crippen molar-refractivity contribution in [3.8, 4) is 17.4 Å². The number of hydrogen-bond donors (Lipinski definition) is 2. The first-order chi connectivity index (χ1) is 19.1. The van der Waals surface area contributed by atoms with Gasteiger partial charge in [-0.1, -0.05) is 38.8 Å². The predicted molar refractivity (Wildman–Crippen MR) is 150 cm³/mol. The lowest BCUT2D eigenvalue weighted by Crippen LogP contribution is -2.34. The van der Waals surface area contributed by atoms with Crippen LogP contribution in [0.3, 0.4) is 0 Å². The van der Waals surface area contributed by atoms with Gasteiger partial charge in [-0.15, -0.1) is 0 Å². The van der Waals surface area contributed by atoms with E-state index in [1.807, 2.05) is 18.9 Å². The molecule has 0 aliphatic carbocycles. The molecule has 0 aliphatic heterocycles.